The summed E-state index contributed by atoms with van der Waals surface area (Å²) in [5.41, 5.74) is 6.28. The van der Waals surface area contributed by atoms with Gasteiger partial charge < -0.3 is 33.5 Å². The molecule has 238 valence electrons. The average Bonchev–Trinajstić information content (AvgIpc) is 3.90. The Kier molecular flexibility index (Phi) is 6.61. The maximum atomic E-state index is 12.2. The molecule has 46 heavy (non-hydrogen) atoms. The minimum absolute atomic E-state index is 0.0218. The van der Waals surface area contributed by atoms with E-state index in [2.05, 4.69) is 31.2 Å². The summed E-state index contributed by atoms with van der Waals surface area (Å²) in [4.78, 5) is 12.2. The Morgan fingerprint density at radius 2 is 1.39 bits per heavy atom. The van der Waals surface area contributed by atoms with Gasteiger partial charge in [0.15, 0.2) is 23.0 Å². The van der Waals surface area contributed by atoms with Gasteiger partial charge in [-0.3, -0.25) is 4.79 Å². The van der Waals surface area contributed by atoms with Crippen LogP contribution in [0.4, 0.5) is 0 Å². The summed E-state index contributed by atoms with van der Waals surface area (Å²) >= 11 is 0. The second-order valence-electron chi connectivity index (χ2n) is 13.9. The van der Waals surface area contributed by atoms with Crippen molar-refractivity contribution < 1.29 is 38.3 Å². The predicted octanol–water partition coefficient (Wildman–Crippen LogP) is 6.96. The first-order chi connectivity index (χ1) is 22.5. The van der Waals surface area contributed by atoms with Gasteiger partial charge in [-0.2, -0.15) is 0 Å². The lowest BCUT2D eigenvalue weighted by atomic mass is 9.60. The molecule has 3 aromatic rings. The minimum Gasteiger partial charge on any atom is -0.508 e. The van der Waals surface area contributed by atoms with Crippen molar-refractivity contribution in [2.75, 3.05) is 26.8 Å². The SMILES string of the molecule is CC12CCC3C(=CCc4cc(O)ccc43)C1CCC2=O.c1cc2c(cc1C1OCC3C(c4ccc5c(c4)OCO5)OCC13)OCO2. The van der Waals surface area contributed by atoms with E-state index in [-0.39, 0.29) is 31.2 Å². The maximum absolute atomic E-state index is 12.2. The van der Waals surface area contributed by atoms with Crippen molar-refractivity contribution in [1.82, 2.24) is 0 Å². The normalized spacial score (nSPS) is 32.5. The van der Waals surface area contributed by atoms with Gasteiger partial charge in [0.25, 0.3) is 0 Å². The summed E-state index contributed by atoms with van der Waals surface area (Å²) in [5.74, 6) is 5.58. The van der Waals surface area contributed by atoms with Gasteiger partial charge in [0.1, 0.15) is 11.5 Å². The summed E-state index contributed by atoms with van der Waals surface area (Å²) in [5, 5.41) is 9.64. The Bertz CT molecular complexity index is 1670. The fraction of sp³-hybridized carbons (Fsp3) is 0.447. The van der Waals surface area contributed by atoms with Crippen LogP contribution in [0.2, 0.25) is 0 Å². The highest BCUT2D eigenvalue weighted by molar-refractivity contribution is 5.88. The van der Waals surface area contributed by atoms with Crippen LogP contribution in [0.5, 0.6) is 28.7 Å². The summed E-state index contributed by atoms with van der Waals surface area (Å²) in [6, 6.07) is 17.9. The third-order valence-electron chi connectivity index (χ3n) is 11.6. The molecule has 2 saturated heterocycles. The van der Waals surface area contributed by atoms with Crippen molar-refractivity contribution in [3.63, 3.8) is 0 Å². The Hall–Kier alpha value is -4.01. The van der Waals surface area contributed by atoms with Crippen LogP contribution in [0.25, 0.3) is 0 Å². The number of ketones is 1. The highest BCUT2D eigenvalue weighted by Gasteiger charge is 2.52. The first-order valence-corrected chi connectivity index (χ1v) is 16.5. The third-order valence-corrected chi connectivity index (χ3v) is 11.6. The quantitative estimate of drug-likeness (QED) is 0.307. The van der Waals surface area contributed by atoms with Crippen molar-refractivity contribution in [3.05, 3.63) is 88.5 Å². The van der Waals surface area contributed by atoms with Gasteiger partial charge in [-0.25, -0.2) is 0 Å². The average molecular weight is 623 g/mol. The zero-order valence-electron chi connectivity index (χ0n) is 25.9. The van der Waals surface area contributed by atoms with Crippen LogP contribution in [0.1, 0.15) is 73.0 Å². The van der Waals surface area contributed by atoms with E-state index in [4.69, 9.17) is 28.4 Å². The number of carbonyl (C=O) groups is 1. The van der Waals surface area contributed by atoms with E-state index in [9.17, 15) is 9.90 Å². The van der Waals surface area contributed by atoms with E-state index in [0.717, 1.165) is 66.2 Å². The van der Waals surface area contributed by atoms with Crippen LogP contribution in [0.15, 0.2) is 66.2 Å². The molecule has 8 nitrogen and oxygen atoms in total. The van der Waals surface area contributed by atoms with E-state index in [1.807, 2.05) is 30.3 Å². The molecule has 0 radical (unpaired) electrons. The summed E-state index contributed by atoms with van der Waals surface area (Å²) in [6.07, 6.45) is 7.16. The zero-order chi connectivity index (χ0) is 31.0. The standard InChI is InChI=1S/C20H18O6.C18H20O2/c1-3-15-17(25-9-23-15)5-11(1)19-13-7-22-20(14(13)8-21-19)12-2-4-16-18(6-12)26-10-24-16;1-18-9-8-14-13-5-3-12(19)10-11(13)2-4-15(14)16(18)6-7-17(18)20/h1-6,13-14,19-20H,7-10H2;3-5,10,14,16,19H,2,6-9H2,1H3. The molecule has 0 bridgehead atoms. The van der Waals surface area contributed by atoms with Gasteiger partial charge in [0.2, 0.25) is 13.6 Å². The predicted molar refractivity (Wildman–Crippen MR) is 167 cm³/mol. The van der Waals surface area contributed by atoms with Gasteiger partial charge in [0.05, 0.1) is 25.4 Å². The van der Waals surface area contributed by atoms with E-state index in [1.165, 1.54) is 16.7 Å². The molecule has 1 N–H and O–H groups in total. The topological polar surface area (TPSA) is 92.7 Å². The fourth-order valence-electron chi connectivity index (χ4n) is 9.15. The lowest BCUT2D eigenvalue weighted by molar-refractivity contribution is -0.126. The number of Topliss-reactive ketones (excluding diaryl/α,β-unsaturated/α-hetero) is 1. The van der Waals surface area contributed by atoms with Gasteiger partial charge in [-0.1, -0.05) is 36.8 Å². The monoisotopic (exact) mass is 622 g/mol. The number of phenolic OH excluding ortho intramolecular Hbond substituents is 1. The van der Waals surface area contributed by atoms with E-state index >= 15 is 0 Å². The number of rotatable bonds is 2. The lowest BCUT2D eigenvalue weighted by Gasteiger charge is -2.43. The molecule has 7 atom stereocenters. The molecule has 10 rings (SSSR count). The molecule has 2 saturated carbocycles. The molecule has 7 unspecified atom stereocenters. The Balaban J connectivity index is 0.000000131. The fourth-order valence-corrected chi connectivity index (χ4v) is 9.15. The minimum atomic E-state index is -0.100. The third kappa shape index (κ3) is 4.44. The van der Waals surface area contributed by atoms with Crippen LogP contribution in [0.3, 0.4) is 0 Å². The first kappa shape index (κ1) is 28.2. The van der Waals surface area contributed by atoms with Crippen molar-refractivity contribution in [3.8, 4) is 28.7 Å². The number of phenols is 1. The van der Waals surface area contributed by atoms with Gasteiger partial charge in [-0.15, -0.1) is 0 Å². The van der Waals surface area contributed by atoms with Crippen LogP contribution in [0, 0.1) is 23.2 Å². The van der Waals surface area contributed by atoms with Crippen LogP contribution in [-0.2, 0) is 20.7 Å². The maximum Gasteiger partial charge on any atom is 0.231 e. The summed E-state index contributed by atoms with van der Waals surface area (Å²) < 4.78 is 34.2. The number of hydrogen-bond donors (Lipinski definition) is 1. The molecule has 4 heterocycles. The van der Waals surface area contributed by atoms with Gasteiger partial charge >= 0.3 is 0 Å². The highest BCUT2D eigenvalue weighted by Crippen LogP contribution is 2.58. The Morgan fingerprint density at radius 1 is 0.761 bits per heavy atom. The molecule has 0 amide bonds. The zero-order valence-corrected chi connectivity index (χ0v) is 25.9. The number of fused-ring (bicyclic) bond motifs is 8. The Morgan fingerprint density at radius 3 is 2.04 bits per heavy atom. The van der Waals surface area contributed by atoms with Crippen molar-refractivity contribution in [2.45, 2.75) is 57.2 Å². The number of hydrogen-bond acceptors (Lipinski definition) is 8. The number of carbonyl (C=O) groups excluding carboxylic acids is 1. The number of aromatic hydroxyl groups is 1. The van der Waals surface area contributed by atoms with E-state index < -0.39 is 0 Å². The van der Waals surface area contributed by atoms with E-state index in [0.29, 0.717) is 48.4 Å². The van der Waals surface area contributed by atoms with Crippen LogP contribution in [-0.4, -0.2) is 37.7 Å². The summed E-state index contributed by atoms with van der Waals surface area (Å²) in [6.45, 7) is 4.11. The number of benzene rings is 3. The molecule has 4 aliphatic heterocycles. The van der Waals surface area contributed by atoms with Crippen molar-refractivity contribution in [2.24, 2.45) is 23.2 Å². The number of ether oxygens (including phenoxy) is 6. The molecule has 4 fully saturated rings. The van der Waals surface area contributed by atoms with E-state index in [1.54, 1.807) is 6.07 Å². The highest BCUT2D eigenvalue weighted by atomic mass is 16.7. The van der Waals surface area contributed by atoms with Gasteiger partial charge in [0, 0.05) is 29.6 Å². The summed E-state index contributed by atoms with van der Waals surface area (Å²) in [7, 11) is 0. The molecule has 0 aromatic heterocycles. The molecule has 0 spiro atoms. The number of allylic oxidation sites excluding steroid dienone is 2. The van der Waals surface area contributed by atoms with Crippen LogP contribution < -0.4 is 18.9 Å². The smallest absolute Gasteiger partial charge is 0.231 e. The molecule has 7 aliphatic rings. The Labute approximate surface area is 268 Å². The largest absolute Gasteiger partial charge is 0.508 e. The molecule has 8 heteroatoms. The van der Waals surface area contributed by atoms with Crippen molar-refractivity contribution in [1.29, 1.82) is 0 Å². The second kappa shape index (κ2) is 10.8. The van der Waals surface area contributed by atoms with Gasteiger partial charge in [-0.05, 0) is 90.3 Å². The van der Waals surface area contributed by atoms with Crippen molar-refractivity contribution >= 4 is 5.78 Å². The second-order valence-corrected chi connectivity index (χ2v) is 13.9. The molecule has 3 aromatic carbocycles. The molecular weight excluding hydrogens is 584 g/mol. The first-order valence-electron chi connectivity index (χ1n) is 16.5. The molecular formula is C38H38O8. The lowest BCUT2D eigenvalue weighted by Crippen LogP contribution is -2.37. The molecule has 3 aliphatic carbocycles. The van der Waals surface area contributed by atoms with Crippen LogP contribution >= 0.6 is 0 Å².